The summed E-state index contributed by atoms with van der Waals surface area (Å²) in [6.45, 7) is 6.73. The van der Waals surface area contributed by atoms with Crippen molar-refractivity contribution in [3.8, 4) is 5.75 Å². The Bertz CT molecular complexity index is 491. The van der Waals surface area contributed by atoms with Gasteiger partial charge in [-0.2, -0.15) is 0 Å². The molecule has 4 nitrogen and oxygen atoms in total. The largest absolute Gasteiger partial charge is 0.490 e. The molecule has 3 N–H and O–H groups in total. The SMILES string of the molecule is Cc1ccc(CN=C(N)NC(C)C)c(OC2CCCC2)c1. The third-order valence-corrected chi connectivity index (χ3v) is 3.67. The number of benzene rings is 1. The maximum absolute atomic E-state index is 6.17. The maximum atomic E-state index is 6.17. The molecule has 0 unspecified atom stereocenters. The van der Waals surface area contributed by atoms with Crippen LogP contribution in [0.4, 0.5) is 0 Å². The van der Waals surface area contributed by atoms with E-state index in [9.17, 15) is 0 Å². The number of guanidine groups is 1. The normalized spacial score (nSPS) is 16.5. The van der Waals surface area contributed by atoms with E-state index in [2.05, 4.69) is 35.4 Å². The molecule has 0 amide bonds. The topological polar surface area (TPSA) is 59.6 Å². The number of rotatable bonds is 5. The van der Waals surface area contributed by atoms with Crippen molar-refractivity contribution < 1.29 is 4.74 Å². The summed E-state index contributed by atoms with van der Waals surface area (Å²) in [7, 11) is 0. The van der Waals surface area contributed by atoms with E-state index in [1.807, 2.05) is 13.8 Å². The average Bonchev–Trinajstić information content (AvgIpc) is 2.90. The van der Waals surface area contributed by atoms with Crippen molar-refractivity contribution in [2.24, 2.45) is 10.7 Å². The van der Waals surface area contributed by atoms with Crippen LogP contribution in [0.25, 0.3) is 0 Å². The molecule has 21 heavy (non-hydrogen) atoms. The molecule has 1 aromatic rings. The van der Waals surface area contributed by atoms with Crippen LogP contribution in [0.3, 0.4) is 0 Å². The highest BCUT2D eigenvalue weighted by Crippen LogP contribution is 2.28. The van der Waals surface area contributed by atoms with Crippen LogP contribution in [0.15, 0.2) is 23.2 Å². The van der Waals surface area contributed by atoms with E-state index in [1.165, 1.54) is 18.4 Å². The van der Waals surface area contributed by atoms with Crippen LogP contribution in [-0.2, 0) is 6.54 Å². The van der Waals surface area contributed by atoms with Crippen molar-refractivity contribution >= 4 is 5.96 Å². The summed E-state index contributed by atoms with van der Waals surface area (Å²) in [5, 5.41) is 3.10. The molecule has 2 rings (SSSR count). The molecule has 1 fully saturated rings. The molecule has 0 bridgehead atoms. The van der Waals surface area contributed by atoms with Crippen LogP contribution in [0.1, 0.15) is 50.7 Å². The van der Waals surface area contributed by atoms with Gasteiger partial charge < -0.3 is 15.8 Å². The monoisotopic (exact) mass is 289 g/mol. The van der Waals surface area contributed by atoms with Crippen LogP contribution in [0.5, 0.6) is 5.75 Å². The summed E-state index contributed by atoms with van der Waals surface area (Å²) in [6, 6.07) is 6.58. The zero-order valence-electron chi connectivity index (χ0n) is 13.4. The molecule has 0 aliphatic heterocycles. The van der Waals surface area contributed by atoms with E-state index in [-0.39, 0.29) is 0 Å². The molecule has 4 heteroatoms. The Morgan fingerprint density at radius 2 is 2.10 bits per heavy atom. The highest BCUT2D eigenvalue weighted by Gasteiger charge is 2.18. The van der Waals surface area contributed by atoms with Gasteiger partial charge in [-0.1, -0.05) is 12.1 Å². The fourth-order valence-corrected chi connectivity index (χ4v) is 2.60. The van der Waals surface area contributed by atoms with Gasteiger partial charge in [-0.15, -0.1) is 0 Å². The lowest BCUT2D eigenvalue weighted by Gasteiger charge is -2.17. The van der Waals surface area contributed by atoms with Gasteiger partial charge in [0, 0.05) is 11.6 Å². The molecule has 0 atom stereocenters. The second-order valence-electron chi connectivity index (χ2n) is 6.14. The Balaban J connectivity index is 2.07. The van der Waals surface area contributed by atoms with E-state index in [0.29, 0.717) is 24.7 Å². The van der Waals surface area contributed by atoms with Crippen molar-refractivity contribution in [3.63, 3.8) is 0 Å². The van der Waals surface area contributed by atoms with E-state index in [4.69, 9.17) is 10.5 Å². The van der Waals surface area contributed by atoms with E-state index >= 15 is 0 Å². The van der Waals surface area contributed by atoms with E-state index < -0.39 is 0 Å². The van der Waals surface area contributed by atoms with Gasteiger partial charge in [0.1, 0.15) is 5.75 Å². The summed E-state index contributed by atoms with van der Waals surface area (Å²) in [5.41, 5.74) is 8.17. The molecule has 0 saturated heterocycles. The second-order valence-corrected chi connectivity index (χ2v) is 6.14. The molecule has 0 heterocycles. The minimum absolute atomic E-state index is 0.293. The Kier molecular flexibility index (Phi) is 5.48. The molecule has 1 aliphatic carbocycles. The lowest BCUT2D eigenvalue weighted by atomic mass is 10.1. The molecular weight excluding hydrogens is 262 g/mol. The predicted molar refractivity (Wildman–Crippen MR) is 87.7 cm³/mol. The quantitative estimate of drug-likeness (QED) is 0.646. The number of nitrogens with one attached hydrogen (secondary N) is 1. The molecule has 1 aromatic carbocycles. The number of hydrogen-bond acceptors (Lipinski definition) is 2. The van der Waals surface area contributed by atoms with Crippen molar-refractivity contribution in [1.29, 1.82) is 0 Å². The molecule has 0 spiro atoms. The zero-order valence-corrected chi connectivity index (χ0v) is 13.4. The number of hydrogen-bond donors (Lipinski definition) is 2. The Morgan fingerprint density at radius 3 is 2.76 bits per heavy atom. The van der Waals surface area contributed by atoms with Gasteiger partial charge >= 0.3 is 0 Å². The predicted octanol–water partition coefficient (Wildman–Crippen LogP) is 3.13. The minimum Gasteiger partial charge on any atom is -0.490 e. The smallest absolute Gasteiger partial charge is 0.189 e. The third kappa shape index (κ3) is 4.96. The molecule has 1 saturated carbocycles. The van der Waals surface area contributed by atoms with Gasteiger partial charge in [0.2, 0.25) is 0 Å². The summed E-state index contributed by atoms with van der Waals surface area (Å²) < 4.78 is 6.17. The number of nitrogens with two attached hydrogens (primary N) is 1. The van der Waals surface area contributed by atoms with Gasteiger partial charge in [-0.25, -0.2) is 4.99 Å². The first-order valence-electron chi connectivity index (χ1n) is 7.87. The highest BCUT2D eigenvalue weighted by atomic mass is 16.5. The molecule has 0 aromatic heterocycles. The van der Waals surface area contributed by atoms with Crippen molar-refractivity contribution in [3.05, 3.63) is 29.3 Å². The zero-order chi connectivity index (χ0) is 15.2. The fourth-order valence-electron chi connectivity index (χ4n) is 2.60. The van der Waals surface area contributed by atoms with Crippen LogP contribution in [0.2, 0.25) is 0 Å². The van der Waals surface area contributed by atoms with Crippen molar-refractivity contribution in [1.82, 2.24) is 5.32 Å². The van der Waals surface area contributed by atoms with Crippen LogP contribution in [-0.4, -0.2) is 18.1 Å². The van der Waals surface area contributed by atoms with Crippen molar-refractivity contribution in [2.45, 2.75) is 65.1 Å². The Morgan fingerprint density at radius 1 is 1.38 bits per heavy atom. The number of ether oxygens (including phenoxy) is 1. The van der Waals surface area contributed by atoms with Gasteiger partial charge in [0.15, 0.2) is 5.96 Å². The van der Waals surface area contributed by atoms with Crippen LogP contribution in [0, 0.1) is 6.92 Å². The first kappa shape index (κ1) is 15.7. The molecular formula is C17H27N3O. The summed E-state index contributed by atoms with van der Waals surface area (Å²) in [5.74, 6) is 1.44. The lowest BCUT2D eigenvalue weighted by Crippen LogP contribution is -2.36. The minimum atomic E-state index is 0.293. The number of aliphatic imine (C=N–C) groups is 1. The Labute approximate surface area is 127 Å². The standard InChI is InChI=1S/C17H27N3O/c1-12(2)20-17(18)19-11-14-9-8-13(3)10-16(14)21-15-6-4-5-7-15/h8-10,12,15H,4-7,11H2,1-3H3,(H3,18,19,20). The fraction of sp³-hybridized carbons (Fsp3) is 0.588. The van der Waals surface area contributed by atoms with E-state index in [0.717, 1.165) is 24.2 Å². The molecule has 1 aliphatic rings. The van der Waals surface area contributed by atoms with E-state index in [1.54, 1.807) is 0 Å². The Hall–Kier alpha value is -1.71. The number of aryl methyl sites for hydroxylation is 1. The molecule has 116 valence electrons. The van der Waals surface area contributed by atoms with Gasteiger partial charge in [-0.3, -0.25) is 0 Å². The van der Waals surface area contributed by atoms with Gasteiger partial charge in [0.25, 0.3) is 0 Å². The summed E-state index contributed by atoms with van der Waals surface area (Å²) >= 11 is 0. The lowest BCUT2D eigenvalue weighted by molar-refractivity contribution is 0.208. The number of nitrogens with zero attached hydrogens (tertiary/aromatic N) is 1. The van der Waals surface area contributed by atoms with Gasteiger partial charge in [0.05, 0.1) is 12.6 Å². The first-order chi connectivity index (χ1) is 10.0. The summed E-state index contributed by atoms with van der Waals surface area (Å²) in [4.78, 5) is 4.40. The maximum Gasteiger partial charge on any atom is 0.189 e. The second kappa shape index (κ2) is 7.34. The van der Waals surface area contributed by atoms with Crippen LogP contribution >= 0.6 is 0 Å². The highest BCUT2D eigenvalue weighted by molar-refractivity contribution is 5.78. The van der Waals surface area contributed by atoms with Crippen molar-refractivity contribution in [2.75, 3.05) is 0 Å². The average molecular weight is 289 g/mol. The van der Waals surface area contributed by atoms with Crippen LogP contribution < -0.4 is 15.8 Å². The van der Waals surface area contributed by atoms with Gasteiger partial charge in [-0.05, 0) is 58.1 Å². The third-order valence-electron chi connectivity index (χ3n) is 3.67. The first-order valence-corrected chi connectivity index (χ1v) is 7.87. The summed E-state index contributed by atoms with van der Waals surface area (Å²) in [6.07, 6.45) is 5.23. The molecule has 0 radical (unpaired) electrons.